The number of amides is 2. The molecule has 0 aliphatic carbocycles. The van der Waals surface area contributed by atoms with Gasteiger partial charge in [0.05, 0.1) is 10.7 Å². The van der Waals surface area contributed by atoms with Crippen LogP contribution in [0.4, 0.5) is 10.1 Å². The lowest BCUT2D eigenvalue weighted by Gasteiger charge is -2.07. The molecule has 1 heterocycles. The van der Waals surface area contributed by atoms with Gasteiger partial charge >= 0.3 is 11.8 Å². The Hall–Kier alpha value is -2.28. The molecule has 0 aliphatic heterocycles. The number of aromatic nitrogens is 1. The summed E-state index contributed by atoms with van der Waals surface area (Å²) >= 11 is 1.54. The predicted molar refractivity (Wildman–Crippen MR) is 83.3 cm³/mol. The van der Waals surface area contributed by atoms with Crippen LogP contribution < -0.4 is 10.6 Å². The molecule has 2 rings (SSSR count). The summed E-state index contributed by atoms with van der Waals surface area (Å²) in [5, 5.41) is 7.84. The fourth-order valence-corrected chi connectivity index (χ4v) is 2.46. The zero-order valence-electron chi connectivity index (χ0n) is 12.3. The summed E-state index contributed by atoms with van der Waals surface area (Å²) in [6.45, 7) is 3.82. The predicted octanol–water partition coefficient (Wildman–Crippen LogP) is 2.20. The molecule has 0 fully saturated rings. The van der Waals surface area contributed by atoms with Crippen molar-refractivity contribution in [2.75, 3.05) is 11.9 Å². The van der Waals surface area contributed by atoms with Gasteiger partial charge in [-0.1, -0.05) is 0 Å². The number of rotatable bonds is 4. The van der Waals surface area contributed by atoms with Crippen molar-refractivity contribution in [2.24, 2.45) is 0 Å². The van der Waals surface area contributed by atoms with Gasteiger partial charge in [0.25, 0.3) is 0 Å². The smallest absolute Gasteiger partial charge is 0.313 e. The van der Waals surface area contributed by atoms with Crippen molar-refractivity contribution in [2.45, 2.75) is 20.3 Å². The van der Waals surface area contributed by atoms with Crippen molar-refractivity contribution in [3.05, 3.63) is 45.7 Å². The maximum Gasteiger partial charge on any atom is 0.313 e. The maximum atomic E-state index is 13.1. The lowest BCUT2D eigenvalue weighted by molar-refractivity contribution is -0.136. The second-order valence-corrected chi connectivity index (χ2v) is 5.84. The summed E-state index contributed by atoms with van der Waals surface area (Å²) in [5.74, 6) is -1.87. The summed E-state index contributed by atoms with van der Waals surface area (Å²) in [7, 11) is 0. The Morgan fingerprint density at radius 3 is 2.68 bits per heavy atom. The number of hydrogen-bond donors (Lipinski definition) is 2. The van der Waals surface area contributed by atoms with Crippen LogP contribution in [0.25, 0.3) is 0 Å². The van der Waals surface area contributed by atoms with Crippen molar-refractivity contribution in [1.82, 2.24) is 10.3 Å². The highest BCUT2D eigenvalue weighted by Crippen LogP contribution is 2.13. The molecule has 0 saturated carbocycles. The highest BCUT2D eigenvalue weighted by molar-refractivity contribution is 7.09. The van der Waals surface area contributed by atoms with Gasteiger partial charge in [-0.3, -0.25) is 9.59 Å². The topological polar surface area (TPSA) is 71.1 Å². The van der Waals surface area contributed by atoms with Crippen LogP contribution in [0.15, 0.2) is 23.6 Å². The van der Waals surface area contributed by atoms with Crippen LogP contribution >= 0.6 is 11.3 Å². The van der Waals surface area contributed by atoms with Crippen molar-refractivity contribution in [3.8, 4) is 0 Å². The van der Waals surface area contributed by atoms with Gasteiger partial charge in [0.1, 0.15) is 5.82 Å². The number of benzene rings is 1. The van der Waals surface area contributed by atoms with E-state index in [-0.39, 0.29) is 5.82 Å². The van der Waals surface area contributed by atoms with Crippen LogP contribution in [0, 0.1) is 19.7 Å². The molecule has 0 bridgehead atoms. The summed E-state index contributed by atoms with van der Waals surface area (Å²) in [6.07, 6.45) is 0.568. The van der Waals surface area contributed by atoms with Gasteiger partial charge in [-0.2, -0.15) is 0 Å². The molecule has 7 heteroatoms. The number of hydrogen-bond acceptors (Lipinski definition) is 4. The lowest BCUT2D eigenvalue weighted by Crippen LogP contribution is -2.36. The van der Waals surface area contributed by atoms with Crippen LogP contribution in [0.5, 0.6) is 0 Å². The number of carbonyl (C=O) groups excluding carboxylic acids is 2. The molecule has 0 unspecified atom stereocenters. The molecule has 1 aromatic carbocycles. The Labute approximate surface area is 131 Å². The van der Waals surface area contributed by atoms with E-state index in [2.05, 4.69) is 15.6 Å². The molecule has 0 saturated heterocycles. The third-order valence-electron chi connectivity index (χ3n) is 2.96. The van der Waals surface area contributed by atoms with E-state index in [1.54, 1.807) is 18.3 Å². The number of thiazole rings is 1. The van der Waals surface area contributed by atoms with E-state index in [0.717, 1.165) is 10.7 Å². The molecule has 116 valence electrons. The van der Waals surface area contributed by atoms with E-state index in [0.29, 0.717) is 24.2 Å². The van der Waals surface area contributed by atoms with Crippen molar-refractivity contribution in [1.29, 1.82) is 0 Å². The molecular weight excluding hydrogens is 305 g/mol. The van der Waals surface area contributed by atoms with Crippen LogP contribution in [-0.4, -0.2) is 23.3 Å². The first-order valence-electron chi connectivity index (χ1n) is 6.72. The van der Waals surface area contributed by atoms with E-state index in [1.165, 1.54) is 18.2 Å². The van der Waals surface area contributed by atoms with Gasteiger partial charge in [-0.15, -0.1) is 11.3 Å². The minimum Gasteiger partial charge on any atom is -0.347 e. The first kappa shape index (κ1) is 16.1. The highest BCUT2D eigenvalue weighted by Gasteiger charge is 2.13. The number of aryl methyl sites for hydroxylation is 2. The third-order valence-corrected chi connectivity index (χ3v) is 3.78. The molecule has 2 amide bonds. The normalized spacial score (nSPS) is 10.3. The third kappa shape index (κ3) is 4.36. The molecule has 0 aliphatic rings. The van der Waals surface area contributed by atoms with E-state index >= 15 is 0 Å². The molecule has 1 aromatic heterocycles. The second-order valence-electron chi connectivity index (χ2n) is 4.78. The fourth-order valence-electron chi connectivity index (χ4n) is 1.82. The Kier molecular flexibility index (Phi) is 5.21. The number of nitrogens with one attached hydrogen (secondary N) is 2. The fraction of sp³-hybridized carbons (Fsp3) is 0.267. The Bertz CT molecular complexity index is 700. The number of halogens is 1. The summed E-state index contributed by atoms with van der Waals surface area (Å²) < 4.78 is 13.1. The molecular formula is C15H16FN3O2S. The van der Waals surface area contributed by atoms with Crippen LogP contribution in [0.1, 0.15) is 16.3 Å². The van der Waals surface area contributed by atoms with Gasteiger partial charge in [0.15, 0.2) is 0 Å². The lowest BCUT2D eigenvalue weighted by atomic mass is 10.2. The largest absolute Gasteiger partial charge is 0.347 e. The van der Waals surface area contributed by atoms with Gasteiger partial charge in [-0.05, 0) is 37.6 Å². The van der Waals surface area contributed by atoms with Gasteiger partial charge < -0.3 is 10.6 Å². The quantitative estimate of drug-likeness (QED) is 0.848. The monoisotopic (exact) mass is 321 g/mol. The molecule has 0 spiro atoms. The molecule has 5 nitrogen and oxygen atoms in total. The maximum absolute atomic E-state index is 13.1. The van der Waals surface area contributed by atoms with Crippen molar-refractivity contribution < 1.29 is 14.0 Å². The summed E-state index contributed by atoms with van der Waals surface area (Å²) in [4.78, 5) is 27.7. The van der Waals surface area contributed by atoms with Crippen molar-refractivity contribution >= 4 is 28.8 Å². The minimum atomic E-state index is -0.777. The first-order chi connectivity index (χ1) is 10.5. The average Bonchev–Trinajstić information content (AvgIpc) is 2.88. The van der Waals surface area contributed by atoms with Crippen molar-refractivity contribution in [3.63, 3.8) is 0 Å². The van der Waals surface area contributed by atoms with E-state index in [9.17, 15) is 14.0 Å². The number of carbonyl (C=O) groups is 2. The van der Waals surface area contributed by atoms with E-state index in [1.807, 2.05) is 12.3 Å². The molecule has 22 heavy (non-hydrogen) atoms. The second kappa shape index (κ2) is 7.13. The average molecular weight is 321 g/mol. The zero-order chi connectivity index (χ0) is 16.1. The Morgan fingerprint density at radius 1 is 1.27 bits per heavy atom. The van der Waals surface area contributed by atoms with Gasteiger partial charge in [0, 0.05) is 24.0 Å². The Morgan fingerprint density at radius 2 is 2.05 bits per heavy atom. The Balaban J connectivity index is 1.81. The van der Waals surface area contributed by atoms with Crippen LogP contribution in [0.2, 0.25) is 0 Å². The first-order valence-corrected chi connectivity index (χ1v) is 7.60. The SMILES string of the molecule is Cc1nc(CCNC(=O)C(=O)Nc2ccc(F)c(C)c2)cs1. The molecule has 2 N–H and O–H groups in total. The number of anilines is 1. The van der Waals surface area contributed by atoms with Gasteiger partial charge in [0.2, 0.25) is 0 Å². The minimum absolute atomic E-state index is 0.331. The highest BCUT2D eigenvalue weighted by atomic mass is 32.1. The molecule has 0 atom stereocenters. The zero-order valence-corrected chi connectivity index (χ0v) is 13.1. The molecule has 2 aromatic rings. The van der Waals surface area contributed by atoms with E-state index < -0.39 is 11.8 Å². The molecule has 0 radical (unpaired) electrons. The summed E-state index contributed by atoms with van der Waals surface area (Å²) in [5.41, 5.74) is 1.67. The van der Waals surface area contributed by atoms with Crippen LogP contribution in [0.3, 0.4) is 0 Å². The standard InChI is InChI=1S/C15H16FN3O2S/c1-9-7-11(3-4-13(9)16)19-15(21)14(20)17-6-5-12-8-22-10(2)18-12/h3-4,7-8H,5-6H2,1-2H3,(H,17,20)(H,19,21). The van der Waals surface area contributed by atoms with E-state index in [4.69, 9.17) is 0 Å². The van der Waals surface area contributed by atoms with Gasteiger partial charge in [-0.25, -0.2) is 9.37 Å². The summed E-state index contributed by atoms with van der Waals surface area (Å²) in [6, 6.07) is 4.12. The number of nitrogens with zero attached hydrogens (tertiary/aromatic N) is 1. The van der Waals surface area contributed by atoms with Crippen LogP contribution in [-0.2, 0) is 16.0 Å².